The Labute approximate surface area is 106 Å². The van der Waals surface area contributed by atoms with E-state index in [2.05, 4.69) is 33.1 Å². The van der Waals surface area contributed by atoms with Crippen molar-refractivity contribution in [1.29, 1.82) is 0 Å². The Kier molecular flexibility index (Phi) is 7.96. The molecule has 0 aromatic heterocycles. The maximum atomic E-state index is 11.5. The Hall–Kier alpha value is -0.770. The predicted octanol–water partition coefficient (Wildman–Crippen LogP) is 2.90. The number of rotatable bonds is 7. The Morgan fingerprint density at radius 3 is 1.82 bits per heavy atom. The number of nitrogens with one attached hydrogen (secondary N) is 1. The van der Waals surface area contributed by atoms with Gasteiger partial charge >= 0.3 is 6.09 Å². The largest absolute Gasteiger partial charge is 0.448 e. The minimum Gasteiger partial charge on any atom is -0.448 e. The number of hydrazine groups is 1. The van der Waals surface area contributed by atoms with Crippen molar-refractivity contribution in [2.75, 3.05) is 19.7 Å². The molecule has 0 saturated carbocycles. The second-order valence-corrected chi connectivity index (χ2v) is 5.80. The van der Waals surface area contributed by atoms with E-state index in [1.165, 1.54) is 0 Å². The van der Waals surface area contributed by atoms with Crippen LogP contribution in [0.1, 0.15) is 41.5 Å². The van der Waals surface area contributed by atoms with Gasteiger partial charge < -0.3 is 4.74 Å². The van der Waals surface area contributed by atoms with Crippen LogP contribution in [-0.4, -0.2) is 30.8 Å². The van der Waals surface area contributed by atoms with Crippen LogP contribution in [0, 0.1) is 17.8 Å². The molecule has 0 fully saturated rings. The summed E-state index contributed by atoms with van der Waals surface area (Å²) in [5.74, 6) is 1.39. The Balaban J connectivity index is 4.08. The van der Waals surface area contributed by atoms with Gasteiger partial charge in [-0.2, -0.15) is 0 Å². The van der Waals surface area contributed by atoms with Crippen LogP contribution in [0.2, 0.25) is 0 Å². The van der Waals surface area contributed by atoms with E-state index in [0.717, 1.165) is 13.1 Å². The third-order valence-corrected chi connectivity index (χ3v) is 1.97. The molecule has 0 heterocycles. The van der Waals surface area contributed by atoms with Gasteiger partial charge in [0.15, 0.2) is 0 Å². The smallest absolute Gasteiger partial charge is 0.421 e. The molecule has 0 rings (SSSR count). The molecular formula is C13H28N2O2. The first-order chi connectivity index (χ1) is 7.81. The maximum absolute atomic E-state index is 11.5. The fraction of sp³-hybridized carbons (Fsp3) is 0.923. The van der Waals surface area contributed by atoms with Crippen LogP contribution >= 0.6 is 0 Å². The van der Waals surface area contributed by atoms with Gasteiger partial charge in [-0.05, 0) is 17.8 Å². The number of carbonyl (C=O) groups excluding carboxylic acids is 1. The standard InChI is InChI=1S/C13H28N2O2/c1-10(2)7-15(8-11(3)4)14-13(16)17-9-12(5)6/h10-12H,7-9H2,1-6H3,(H,14,16). The Morgan fingerprint density at radius 2 is 1.47 bits per heavy atom. The molecule has 0 radical (unpaired) electrons. The lowest BCUT2D eigenvalue weighted by atomic mass is 10.2. The number of nitrogens with zero attached hydrogens (tertiary/aromatic N) is 1. The van der Waals surface area contributed by atoms with Crippen LogP contribution in [0.4, 0.5) is 4.79 Å². The van der Waals surface area contributed by atoms with Gasteiger partial charge in [-0.25, -0.2) is 9.80 Å². The zero-order valence-electron chi connectivity index (χ0n) is 12.1. The summed E-state index contributed by atoms with van der Waals surface area (Å²) in [5, 5.41) is 1.94. The SMILES string of the molecule is CC(C)COC(=O)NN(CC(C)C)CC(C)C. The Bertz CT molecular complexity index is 205. The molecule has 0 saturated heterocycles. The predicted molar refractivity (Wildman–Crippen MR) is 70.6 cm³/mol. The molecule has 0 bridgehead atoms. The summed E-state index contributed by atoms with van der Waals surface area (Å²) in [4.78, 5) is 11.5. The first kappa shape index (κ1) is 16.2. The van der Waals surface area contributed by atoms with E-state index >= 15 is 0 Å². The molecule has 17 heavy (non-hydrogen) atoms. The Morgan fingerprint density at radius 1 is 1.00 bits per heavy atom. The van der Waals surface area contributed by atoms with Crippen molar-refractivity contribution in [2.24, 2.45) is 17.8 Å². The summed E-state index contributed by atoms with van der Waals surface area (Å²) in [6, 6.07) is 0. The van der Waals surface area contributed by atoms with E-state index < -0.39 is 0 Å². The van der Waals surface area contributed by atoms with Crippen molar-refractivity contribution in [3.8, 4) is 0 Å². The van der Waals surface area contributed by atoms with Gasteiger partial charge in [0, 0.05) is 13.1 Å². The lowest BCUT2D eigenvalue weighted by Gasteiger charge is -2.26. The minimum absolute atomic E-state index is 0.347. The summed E-state index contributed by atoms with van der Waals surface area (Å²) in [7, 11) is 0. The molecule has 0 aliphatic carbocycles. The van der Waals surface area contributed by atoms with Gasteiger partial charge in [-0.3, -0.25) is 5.43 Å². The van der Waals surface area contributed by atoms with Gasteiger partial charge in [0.25, 0.3) is 0 Å². The van der Waals surface area contributed by atoms with Gasteiger partial charge in [0.1, 0.15) is 0 Å². The zero-order chi connectivity index (χ0) is 13.4. The monoisotopic (exact) mass is 244 g/mol. The first-order valence-corrected chi connectivity index (χ1v) is 6.49. The molecule has 0 unspecified atom stereocenters. The van der Waals surface area contributed by atoms with E-state index in [1.54, 1.807) is 0 Å². The van der Waals surface area contributed by atoms with Gasteiger partial charge in [0.2, 0.25) is 0 Å². The molecule has 0 atom stereocenters. The molecule has 1 amide bonds. The summed E-state index contributed by atoms with van der Waals surface area (Å²) in [6.07, 6.45) is -0.347. The normalized spacial score (nSPS) is 11.6. The summed E-state index contributed by atoms with van der Waals surface area (Å²) < 4.78 is 5.11. The average molecular weight is 244 g/mol. The minimum atomic E-state index is -0.347. The number of ether oxygens (including phenoxy) is 1. The van der Waals surface area contributed by atoms with Crippen molar-refractivity contribution < 1.29 is 9.53 Å². The maximum Gasteiger partial charge on any atom is 0.421 e. The highest BCUT2D eigenvalue weighted by atomic mass is 16.6. The lowest BCUT2D eigenvalue weighted by Crippen LogP contribution is -2.46. The fourth-order valence-corrected chi connectivity index (χ4v) is 1.45. The highest BCUT2D eigenvalue weighted by molar-refractivity contribution is 5.66. The van der Waals surface area contributed by atoms with E-state index in [-0.39, 0.29) is 6.09 Å². The molecule has 1 N–H and O–H groups in total. The number of carbonyl (C=O) groups is 1. The van der Waals surface area contributed by atoms with Crippen molar-refractivity contribution in [3.63, 3.8) is 0 Å². The highest BCUT2D eigenvalue weighted by Crippen LogP contribution is 2.01. The molecule has 0 spiro atoms. The number of hydrogen-bond donors (Lipinski definition) is 1. The van der Waals surface area contributed by atoms with Crippen molar-refractivity contribution in [2.45, 2.75) is 41.5 Å². The van der Waals surface area contributed by atoms with Crippen molar-refractivity contribution in [1.82, 2.24) is 10.4 Å². The van der Waals surface area contributed by atoms with Crippen LogP contribution in [0.15, 0.2) is 0 Å². The summed E-state index contributed by atoms with van der Waals surface area (Å²) in [6.45, 7) is 14.7. The lowest BCUT2D eigenvalue weighted by molar-refractivity contribution is 0.0858. The summed E-state index contributed by atoms with van der Waals surface area (Å²) >= 11 is 0. The molecule has 0 aromatic rings. The second kappa shape index (κ2) is 8.34. The third kappa shape index (κ3) is 10.1. The highest BCUT2D eigenvalue weighted by Gasteiger charge is 2.13. The number of amides is 1. The second-order valence-electron chi connectivity index (χ2n) is 5.80. The van der Waals surface area contributed by atoms with Crippen LogP contribution in [0.3, 0.4) is 0 Å². The molecular weight excluding hydrogens is 216 g/mol. The van der Waals surface area contributed by atoms with E-state index in [0.29, 0.717) is 24.4 Å². The topological polar surface area (TPSA) is 41.6 Å². The molecule has 0 aromatic carbocycles. The molecule has 0 aliphatic rings. The van der Waals surface area contributed by atoms with Crippen molar-refractivity contribution >= 4 is 6.09 Å². The van der Waals surface area contributed by atoms with E-state index in [1.807, 2.05) is 18.9 Å². The van der Waals surface area contributed by atoms with Gasteiger partial charge in [0.05, 0.1) is 6.61 Å². The van der Waals surface area contributed by atoms with Crippen LogP contribution in [0.25, 0.3) is 0 Å². The van der Waals surface area contributed by atoms with Crippen molar-refractivity contribution in [3.05, 3.63) is 0 Å². The molecule has 102 valence electrons. The molecule has 4 heteroatoms. The van der Waals surface area contributed by atoms with Crippen LogP contribution < -0.4 is 5.43 Å². The van der Waals surface area contributed by atoms with E-state index in [4.69, 9.17) is 4.74 Å². The number of hydrogen-bond acceptors (Lipinski definition) is 3. The third-order valence-electron chi connectivity index (χ3n) is 1.97. The summed E-state index contributed by atoms with van der Waals surface area (Å²) in [5.41, 5.74) is 2.81. The first-order valence-electron chi connectivity index (χ1n) is 6.49. The van der Waals surface area contributed by atoms with Gasteiger partial charge in [-0.1, -0.05) is 41.5 Å². The fourth-order valence-electron chi connectivity index (χ4n) is 1.45. The van der Waals surface area contributed by atoms with Crippen LogP contribution in [0.5, 0.6) is 0 Å². The average Bonchev–Trinajstić information content (AvgIpc) is 2.12. The van der Waals surface area contributed by atoms with E-state index in [9.17, 15) is 4.79 Å². The molecule has 0 aliphatic heterocycles. The quantitative estimate of drug-likeness (QED) is 0.700. The zero-order valence-corrected chi connectivity index (χ0v) is 12.1. The van der Waals surface area contributed by atoms with Crippen LogP contribution in [-0.2, 0) is 4.74 Å². The van der Waals surface area contributed by atoms with Gasteiger partial charge in [-0.15, -0.1) is 0 Å². The molecule has 4 nitrogen and oxygen atoms in total.